The lowest BCUT2D eigenvalue weighted by atomic mass is 10.1. The van der Waals surface area contributed by atoms with Gasteiger partial charge in [0, 0.05) is 18.8 Å². The van der Waals surface area contributed by atoms with E-state index in [1.165, 1.54) is 0 Å². The number of aromatic nitrogens is 1. The molecule has 4 heteroatoms. The summed E-state index contributed by atoms with van der Waals surface area (Å²) in [5, 5.41) is 13.8. The zero-order valence-corrected chi connectivity index (χ0v) is 11.1. The molecule has 1 aromatic carbocycles. The first-order valence-corrected chi connectivity index (χ1v) is 6.14. The highest BCUT2D eigenvalue weighted by molar-refractivity contribution is 5.64. The van der Waals surface area contributed by atoms with E-state index in [2.05, 4.69) is 15.5 Å². The van der Waals surface area contributed by atoms with Crippen molar-refractivity contribution in [3.8, 4) is 5.75 Å². The lowest BCUT2D eigenvalue weighted by Gasteiger charge is -2.02. The highest BCUT2D eigenvalue weighted by Gasteiger charge is 1.99. The molecular formula is C15H17N3O. The zero-order valence-electron chi connectivity index (χ0n) is 11.1. The van der Waals surface area contributed by atoms with Crippen molar-refractivity contribution >= 4 is 12.0 Å². The van der Waals surface area contributed by atoms with Crippen LogP contribution in [0.25, 0.3) is 0 Å². The monoisotopic (exact) mass is 255 g/mol. The molecule has 0 saturated heterocycles. The minimum Gasteiger partial charge on any atom is -0.508 e. The van der Waals surface area contributed by atoms with Gasteiger partial charge in [0.25, 0.3) is 0 Å². The standard InChI is InChI=1S/C15H17N3O/c1-11-3-5-14(19)13(9-11)7-8-17-18-15-6-4-12(2)10-16-15/h3-6,8-10,19H,7H2,1-2H3,(H,16,18)/b17-8+. The van der Waals surface area contributed by atoms with Crippen LogP contribution in [0.1, 0.15) is 16.7 Å². The van der Waals surface area contributed by atoms with Gasteiger partial charge in [0.1, 0.15) is 11.6 Å². The van der Waals surface area contributed by atoms with Crippen molar-refractivity contribution in [3.63, 3.8) is 0 Å². The fourth-order valence-electron chi connectivity index (χ4n) is 1.67. The number of pyridine rings is 1. The van der Waals surface area contributed by atoms with Crippen molar-refractivity contribution in [3.05, 3.63) is 53.2 Å². The van der Waals surface area contributed by atoms with Crippen LogP contribution in [-0.4, -0.2) is 16.3 Å². The summed E-state index contributed by atoms with van der Waals surface area (Å²) in [7, 11) is 0. The Hall–Kier alpha value is -2.36. The molecule has 2 aromatic rings. The molecule has 0 fully saturated rings. The highest BCUT2D eigenvalue weighted by Crippen LogP contribution is 2.17. The van der Waals surface area contributed by atoms with E-state index >= 15 is 0 Å². The summed E-state index contributed by atoms with van der Waals surface area (Å²) in [4.78, 5) is 4.18. The third-order valence-electron chi connectivity index (χ3n) is 2.73. The molecule has 2 N–H and O–H groups in total. The average molecular weight is 255 g/mol. The second-order valence-electron chi connectivity index (χ2n) is 4.48. The number of hydrogen-bond donors (Lipinski definition) is 2. The normalized spacial score (nSPS) is 10.8. The summed E-state index contributed by atoms with van der Waals surface area (Å²) in [6.07, 6.45) is 4.08. The van der Waals surface area contributed by atoms with Gasteiger partial charge in [-0.1, -0.05) is 23.8 Å². The molecule has 0 bridgehead atoms. The fourth-order valence-corrected chi connectivity index (χ4v) is 1.67. The summed E-state index contributed by atoms with van der Waals surface area (Å²) in [5.41, 5.74) is 5.95. The first kappa shape index (κ1) is 13.1. The van der Waals surface area contributed by atoms with E-state index in [1.807, 2.05) is 38.1 Å². The Balaban J connectivity index is 1.93. The highest BCUT2D eigenvalue weighted by atomic mass is 16.3. The molecule has 19 heavy (non-hydrogen) atoms. The van der Waals surface area contributed by atoms with E-state index in [0.29, 0.717) is 18.0 Å². The minimum absolute atomic E-state index is 0.297. The number of aryl methyl sites for hydroxylation is 2. The van der Waals surface area contributed by atoms with Gasteiger partial charge in [-0.3, -0.25) is 5.43 Å². The minimum atomic E-state index is 0.297. The van der Waals surface area contributed by atoms with E-state index in [9.17, 15) is 5.11 Å². The fraction of sp³-hybridized carbons (Fsp3) is 0.200. The number of benzene rings is 1. The molecule has 1 aromatic heterocycles. The van der Waals surface area contributed by atoms with Crippen LogP contribution < -0.4 is 5.43 Å². The Morgan fingerprint density at radius 2 is 2.00 bits per heavy atom. The molecular weight excluding hydrogens is 238 g/mol. The smallest absolute Gasteiger partial charge is 0.146 e. The summed E-state index contributed by atoms with van der Waals surface area (Å²) in [6.45, 7) is 3.98. The van der Waals surface area contributed by atoms with Crippen LogP contribution in [-0.2, 0) is 6.42 Å². The van der Waals surface area contributed by atoms with E-state index in [1.54, 1.807) is 18.5 Å². The molecule has 0 aliphatic rings. The predicted octanol–water partition coefficient (Wildman–Crippen LogP) is 3.04. The Labute approximate surface area is 112 Å². The van der Waals surface area contributed by atoms with Crippen molar-refractivity contribution in [2.45, 2.75) is 20.3 Å². The van der Waals surface area contributed by atoms with Gasteiger partial charge in [-0.2, -0.15) is 5.10 Å². The first-order valence-electron chi connectivity index (χ1n) is 6.14. The second kappa shape index (κ2) is 6.00. The number of anilines is 1. The summed E-state index contributed by atoms with van der Waals surface area (Å²) >= 11 is 0. The zero-order chi connectivity index (χ0) is 13.7. The average Bonchev–Trinajstić information content (AvgIpc) is 2.40. The molecule has 0 aliphatic carbocycles. The largest absolute Gasteiger partial charge is 0.508 e. The maximum Gasteiger partial charge on any atom is 0.146 e. The van der Waals surface area contributed by atoms with Gasteiger partial charge in [-0.15, -0.1) is 0 Å². The van der Waals surface area contributed by atoms with Crippen molar-refractivity contribution in [1.29, 1.82) is 0 Å². The van der Waals surface area contributed by atoms with Gasteiger partial charge in [0.05, 0.1) is 0 Å². The molecule has 0 atom stereocenters. The quantitative estimate of drug-likeness (QED) is 0.652. The molecule has 98 valence electrons. The van der Waals surface area contributed by atoms with E-state index in [0.717, 1.165) is 16.7 Å². The van der Waals surface area contributed by atoms with Crippen LogP contribution in [0.2, 0.25) is 0 Å². The third-order valence-corrected chi connectivity index (χ3v) is 2.73. The van der Waals surface area contributed by atoms with Crippen LogP contribution in [0.15, 0.2) is 41.6 Å². The number of nitrogens with one attached hydrogen (secondary N) is 1. The van der Waals surface area contributed by atoms with Gasteiger partial charge in [-0.05, 0) is 37.1 Å². The lowest BCUT2D eigenvalue weighted by Crippen LogP contribution is -1.95. The molecule has 0 radical (unpaired) electrons. The van der Waals surface area contributed by atoms with Crippen LogP contribution in [0, 0.1) is 13.8 Å². The molecule has 0 unspecified atom stereocenters. The molecule has 0 aliphatic heterocycles. The Bertz CT molecular complexity index is 576. The van der Waals surface area contributed by atoms with Crippen LogP contribution in [0.4, 0.5) is 5.82 Å². The number of aromatic hydroxyl groups is 1. The summed E-state index contributed by atoms with van der Waals surface area (Å²) in [6, 6.07) is 9.37. The van der Waals surface area contributed by atoms with Gasteiger partial charge in [0.15, 0.2) is 0 Å². The number of rotatable bonds is 4. The predicted molar refractivity (Wildman–Crippen MR) is 77.6 cm³/mol. The lowest BCUT2D eigenvalue weighted by molar-refractivity contribution is 0.470. The SMILES string of the molecule is Cc1ccc(N/N=C/Cc2cc(C)ccc2O)nc1. The third kappa shape index (κ3) is 3.81. The summed E-state index contributed by atoms with van der Waals surface area (Å²) in [5.74, 6) is 1.00. The molecule has 0 spiro atoms. The van der Waals surface area contributed by atoms with Crippen LogP contribution in [0.5, 0.6) is 5.75 Å². The molecule has 4 nitrogen and oxygen atoms in total. The van der Waals surface area contributed by atoms with Crippen LogP contribution in [0.3, 0.4) is 0 Å². The molecule has 2 rings (SSSR count). The number of phenols is 1. The number of hydrazone groups is 1. The molecule has 0 amide bonds. The van der Waals surface area contributed by atoms with Gasteiger partial charge < -0.3 is 5.11 Å². The van der Waals surface area contributed by atoms with Crippen molar-refractivity contribution in [2.24, 2.45) is 5.10 Å². The maximum absolute atomic E-state index is 9.69. The number of nitrogens with zero attached hydrogens (tertiary/aromatic N) is 2. The Morgan fingerprint density at radius 3 is 2.74 bits per heavy atom. The van der Waals surface area contributed by atoms with Crippen molar-refractivity contribution in [2.75, 3.05) is 5.43 Å². The second-order valence-corrected chi connectivity index (χ2v) is 4.48. The summed E-state index contributed by atoms with van der Waals surface area (Å²) < 4.78 is 0. The topological polar surface area (TPSA) is 57.5 Å². The maximum atomic E-state index is 9.69. The van der Waals surface area contributed by atoms with Crippen molar-refractivity contribution < 1.29 is 5.11 Å². The van der Waals surface area contributed by atoms with Crippen molar-refractivity contribution in [1.82, 2.24) is 4.98 Å². The van der Waals surface area contributed by atoms with E-state index < -0.39 is 0 Å². The van der Waals surface area contributed by atoms with Crippen LogP contribution >= 0.6 is 0 Å². The molecule has 1 heterocycles. The van der Waals surface area contributed by atoms with E-state index in [4.69, 9.17) is 0 Å². The van der Waals surface area contributed by atoms with Gasteiger partial charge in [0.2, 0.25) is 0 Å². The Kier molecular flexibility index (Phi) is 4.13. The van der Waals surface area contributed by atoms with Gasteiger partial charge >= 0.3 is 0 Å². The molecule has 0 saturated carbocycles. The number of phenolic OH excluding ortho intramolecular Hbond substituents is 1. The first-order chi connectivity index (χ1) is 9.15. The van der Waals surface area contributed by atoms with Gasteiger partial charge in [-0.25, -0.2) is 4.98 Å². The Morgan fingerprint density at radius 1 is 1.21 bits per heavy atom. The number of hydrogen-bond acceptors (Lipinski definition) is 4. The van der Waals surface area contributed by atoms with E-state index in [-0.39, 0.29) is 0 Å².